The predicted octanol–water partition coefficient (Wildman–Crippen LogP) is 2.85. The zero-order valence-corrected chi connectivity index (χ0v) is 26.8. The zero-order valence-electron chi connectivity index (χ0n) is 25.9. The van der Waals surface area contributed by atoms with Gasteiger partial charge in [-0.15, -0.1) is 11.3 Å². The summed E-state index contributed by atoms with van der Waals surface area (Å²) >= 11 is 1.51. The number of thiazole rings is 1. The van der Waals surface area contributed by atoms with Gasteiger partial charge in [0.2, 0.25) is 12.1 Å². The van der Waals surface area contributed by atoms with Crippen molar-refractivity contribution in [1.29, 1.82) is 0 Å². The average Bonchev–Trinajstić information content (AvgIpc) is 3.65. The van der Waals surface area contributed by atoms with Gasteiger partial charge in [0.15, 0.2) is 11.2 Å². The molecule has 3 heterocycles. The average molecular weight is 641 g/mol. The second kappa shape index (κ2) is 13.0. The number of nitrogens with one attached hydrogen (secondary N) is 4. The third-order valence-corrected chi connectivity index (χ3v) is 8.96. The van der Waals surface area contributed by atoms with Gasteiger partial charge in [-0.25, -0.2) is 9.78 Å². The molecule has 13 nitrogen and oxygen atoms in total. The number of β-lactam (4-membered cyclic amide) rings is 1. The molecule has 45 heavy (non-hydrogen) atoms. The first-order valence-electron chi connectivity index (χ1n) is 15.2. The molecule has 2 saturated heterocycles. The lowest BCUT2D eigenvalue weighted by Crippen LogP contribution is -2.73. The fourth-order valence-electron chi connectivity index (χ4n) is 5.77. The van der Waals surface area contributed by atoms with Crippen molar-refractivity contribution >= 4 is 46.3 Å². The normalized spacial score (nSPS) is 22.4. The highest BCUT2D eigenvalue weighted by molar-refractivity contribution is 7.14. The molecule has 0 radical (unpaired) electrons. The molecule has 3 aliphatic rings. The molecule has 1 aromatic heterocycles. The molecule has 1 aliphatic carbocycles. The Labute approximate surface area is 265 Å². The summed E-state index contributed by atoms with van der Waals surface area (Å²) in [4.78, 5) is 69.3. The molecule has 14 heteroatoms. The first kappa shape index (κ1) is 32.2. The minimum atomic E-state index is -1.18. The molecule has 1 aromatic carbocycles. The number of nitrogens with zero attached hydrogens (tertiary/aromatic N) is 2. The maximum absolute atomic E-state index is 13.5. The number of esters is 1. The van der Waals surface area contributed by atoms with E-state index < -0.39 is 53.2 Å². The minimum absolute atomic E-state index is 0.0271. The summed E-state index contributed by atoms with van der Waals surface area (Å²) in [5.74, 6) is -1.89. The molecule has 4 N–H and O–H groups in total. The SMILES string of the molecule is CC(=O)OC1NC(=O)C1NC(=O)C1(NC(=O)c2ccc(-c3csc(N4CCC(NC(=O)OC(C)(C)C)C4)n3)cc2)CCCCC1. The van der Waals surface area contributed by atoms with Crippen molar-refractivity contribution in [2.45, 2.75) is 95.7 Å². The number of rotatable bonds is 8. The van der Waals surface area contributed by atoms with Crippen molar-refractivity contribution < 1.29 is 33.4 Å². The Bertz CT molecular complexity index is 1450. The van der Waals surface area contributed by atoms with Gasteiger partial charge in [0.25, 0.3) is 11.8 Å². The first-order valence-corrected chi connectivity index (χ1v) is 16.1. The number of hydrogen-bond donors (Lipinski definition) is 4. The van der Waals surface area contributed by atoms with Crippen LogP contribution in [0.25, 0.3) is 11.3 Å². The molecule has 242 valence electrons. The van der Waals surface area contributed by atoms with Crippen molar-refractivity contribution in [1.82, 2.24) is 26.3 Å². The van der Waals surface area contributed by atoms with E-state index in [1.807, 2.05) is 38.3 Å². The number of aromatic nitrogens is 1. The van der Waals surface area contributed by atoms with E-state index in [2.05, 4.69) is 26.2 Å². The fourth-order valence-corrected chi connectivity index (χ4v) is 6.64. The molecule has 5 rings (SSSR count). The standard InChI is InChI=1S/C31H40N6O7S/c1-18(38)43-26-23(25(40)35-26)34-27(41)31(13-6-5-7-14-31)36-24(39)20-10-8-19(9-11-20)22-17-45-28(33-22)37-15-12-21(16-37)32-29(42)44-30(2,3)4/h8-11,17,21,23,26H,5-7,12-16H2,1-4H3,(H,32,42)(H,34,41)(H,35,40)(H,36,39). The van der Waals surface area contributed by atoms with Gasteiger partial charge in [0.05, 0.1) is 11.7 Å². The van der Waals surface area contributed by atoms with Gasteiger partial charge < -0.3 is 35.6 Å². The number of benzene rings is 1. The Morgan fingerprint density at radius 3 is 2.42 bits per heavy atom. The summed E-state index contributed by atoms with van der Waals surface area (Å²) < 4.78 is 10.4. The molecule has 1 saturated carbocycles. The highest BCUT2D eigenvalue weighted by Gasteiger charge is 2.48. The number of ether oxygens (including phenoxy) is 2. The molecule has 0 bridgehead atoms. The van der Waals surface area contributed by atoms with Gasteiger partial charge in [-0.05, 0) is 52.2 Å². The van der Waals surface area contributed by atoms with Crippen LogP contribution in [0, 0.1) is 0 Å². The molecule has 3 unspecified atom stereocenters. The van der Waals surface area contributed by atoms with Gasteiger partial charge in [-0.3, -0.25) is 19.2 Å². The van der Waals surface area contributed by atoms with E-state index in [-0.39, 0.29) is 6.04 Å². The highest BCUT2D eigenvalue weighted by Crippen LogP contribution is 2.32. The summed E-state index contributed by atoms with van der Waals surface area (Å²) in [5.41, 5.74) is 0.271. The van der Waals surface area contributed by atoms with Crippen LogP contribution in [-0.2, 0) is 23.9 Å². The van der Waals surface area contributed by atoms with E-state index >= 15 is 0 Å². The summed E-state index contributed by atoms with van der Waals surface area (Å²) in [6, 6.07) is 6.00. The van der Waals surface area contributed by atoms with Crippen LogP contribution in [0.5, 0.6) is 0 Å². The summed E-state index contributed by atoms with van der Waals surface area (Å²) in [6.45, 7) is 8.12. The van der Waals surface area contributed by atoms with Crippen molar-refractivity contribution in [2.24, 2.45) is 0 Å². The van der Waals surface area contributed by atoms with Gasteiger partial charge >= 0.3 is 12.1 Å². The lowest BCUT2D eigenvalue weighted by atomic mass is 9.80. The summed E-state index contributed by atoms with van der Waals surface area (Å²) in [6.07, 6.45) is 2.73. The van der Waals surface area contributed by atoms with Gasteiger partial charge in [0, 0.05) is 36.5 Å². The molecule has 4 amide bonds. The Hall–Kier alpha value is -4.20. The topological polar surface area (TPSA) is 168 Å². The van der Waals surface area contributed by atoms with E-state index in [4.69, 9.17) is 14.5 Å². The smallest absolute Gasteiger partial charge is 0.407 e. The van der Waals surface area contributed by atoms with E-state index in [0.29, 0.717) is 24.9 Å². The quantitative estimate of drug-likeness (QED) is 0.251. The van der Waals surface area contributed by atoms with Crippen molar-refractivity contribution in [3.63, 3.8) is 0 Å². The lowest BCUT2D eigenvalue weighted by Gasteiger charge is -2.41. The number of carbonyl (C=O) groups excluding carboxylic acids is 5. The number of hydrogen-bond acceptors (Lipinski definition) is 10. The van der Waals surface area contributed by atoms with E-state index in [0.717, 1.165) is 48.6 Å². The van der Waals surface area contributed by atoms with Gasteiger partial charge in [-0.2, -0.15) is 0 Å². The zero-order chi connectivity index (χ0) is 32.4. The van der Waals surface area contributed by atoms with Crippen LogP contribution in [0.4, 0.5) is 9.93 Å². The van der Waals surface area contributed by atoms with Crippen LogP contribution in [0.3, 0.4) is 0 Å². The summed E-state index contributed by atoms with van der Waals surface area (Å²) in [7, 11) is 0. The fraction of sp³-hybridized carbons (Fsp3) is 0.548. The van der Waals surface area contributed by atoms with Crippen LogP contribution in [0.1, 0.15) is 76.6 Å². The molecule has 3 atom stereocenters. The van der Waals surface area contributed by atoms with E-state index in [9.17, 15) is 24.0 Å². The largest absolute Gasteiger partial charge is 0.444 e. The number of anilines is 1. The first-order chi connectivity index (χ1) is 21.3. The molecule has 2 aromatic rings. The predicted molar refractivity (Wildman–Crippen MR) is 166 cm³/mol. The Kier molecular flexibility index (Phi) is 9.33. The summed E-state index contributed by atoms with van der Waals surface area (Å²) in [5, 5.41) is 13.8. The van der Waals surface area contributed by atoms with Crippen LogP contribution in [-0.4, -0.2) is 77.3 Å². The van der Waals surface area contributed by atoms with E-state index in [1.54, 1.807) is 12.1 Å². The van der Waals surface area contributed by atoms with Crippen LogP contribution in [0.2, 0.25) is 0 Å². The van der Waals surface area contributed by atoms with Crippen molar-refractivity contribution in [3.8, 4) is 11.3 Å². The molecular weight excluding hydrogens is 600 g/mol. The monoisotopic (exact) mass is 640 g/mol. The van der Waals surface area contributed by atoms with Crippen LogP contribution >= 0.6 is 11.3 Å². The second-order valence-electron chi connectivity index (χ2n) is 12.8. The van der Waals surface area contributed by atoms with Crippen LogP contribution in [0.15, 0.2) is 29.6 Å². The maximum atomic E-state index is 13.5. The third-order valence-electron chi connectivity index (χ3n) is 8.06. The molecule has 3 fully saturated rings. The Morgan fingerprint density at radius 1 is 1.07 bits per heavy atom. The number of alkyl carbamates (subject to hydrolysis) is 1. The number of amides is 4. The van der Waals surface area contributed by atoms with Crippen molar-refractivity contribution in [3.05, 3.63) is 35.2 Å². The van der Waals surface area contributed by atoms with Crippen LogP contribution < -0.4 is 26.2 Å². The second-order valence-corrected chi connectivity index (χ2v) is 13.6. The molecule has 0 spiro atoms. The Morgan fingerprint density at radius 2 is 1.78 bits per heavy atom. The van der Waals surface area contributed by atoms with Gasteiger partial charge in [0.1, 0.15) is 11.1 Å². The van der Waals surface area contributed by atoms with E-state index in [1.165, 1.54) is 18.3 Å². The molecule has 2 aliphatic heterocycles. The van der Waals surface area contributed by atoms with Crippen molar-refractivity contribution in [2.75, 3.05) is 18.0 Å². The maximum Gasteiger partial charge on any atom is 0.407 e. The minimum Gasteiger partial charge on any atom is -0.444 e. The number of carbonyl (C=O) groups is 5. The third kappa shape index (κ3) is 7.72. The molecular formula is C31H40N6O7S. The highest BCUT2D eigenvalue weighted by atomic mass is 32.1. The Balaban J connectivity index is 1.20. The van der Waals surface area contributed by atoms with Gasteiger partial charge in [-0.1, -0.05) is 31.4 Å². The lowest BCUT2D eigenvalue weighted by molar-refractivity contribution is -0.165.